The van der Waals surface area contributed by atoms with Crippen molar-refractivity contribution in [1.82, 2.24) is 25.6 Å². The van der Waals surface area contributed by atoms with Crippen molar-refractivity contribution in [2.45, 2.75) is 6.92 Å². The van der Waals surface area contributed by atoms with E-state index in [1.54, 1.807) is 29.8 Å². The lowest BCUT2D eigenvalue weighted by Crippen LogP contribution is -2.13. The minimum atomic E-state index is -0.251. The van der Waals surface area contributed by atoms with Gasteiger partial charge in [0.15, 0.2) is 5.13 Å². The van der Waals surface area contributed by atoms with Gasteiger partial charge in [0.05, 0.1) is 0 Å². The Labute approximate surface area is 146 Å². The molecule has 0 bridgehead atoms. The third kappa shape index (κ3) is 3.67. The molecule has 124 valence electrons. The summed E-state index contributed by atoms with van der Waals surface area (Å²) in [7, 11) is 0. The number of carbonyl (C=O) groups is 1. The molecule has 9 nitrogen and oxygen atoms in total. The summed E-state index contributed by atoms with van der Waals surface area (Å²) >= 11 is 1.34. The Bertz CT molecular complexity index is 941. The van der Waals surface area contributed by atoms with E-state index in [0.717, 1.165) is 5.56 Å². The van der Waals surface area contributed by atoms with E-state index in [2.05, 4.69) is 36.2 Å². The van der Waals surface area contributed by atoms with Crippen LogP contribution in [0.1, 0.15) is 21.7 Å². The number of tetrazole rings is 1. The van der Waals surface area contributed by atoms with Crippen LogP contribution in [0.4, 0.5) is 10.8 Å². The Morgan fingerprint density at radius 2 is 2.32 bits per heavy atom. The van der Waals surface area contributed by atoms with Crippen molar-refractivity contribution in [3.05, 3.63) is 52.9 Å². The first-order valence-corrected chi connectivity index (χ1v) is 7.98. The minimum Gasteiger partial charge on any atom is -0.360 e. The van der Waals surface area contributed by atoms with Crippen molar-refractivity contribution in [1.29, 1.82) is 5.26 Å². The number of amides is 1. The molecule has 0 fully saturated rings. The first-order valence-electron chi connectivity index (χ1n) is 7.10. The van der Waals surface area contributed by atoms with E-state index < -0.39 is 0 Å². The molecule has 0 unspecified atom stereocenters. The Hall–Kier alpha value is -3.58. The van der Waals surface area contributed by atoms with Crippen LogP contribution in [0.15, 0.2) is 36.0 Å². The van der Waals surface area contributed by atoms with E-state index in [1.165, 1.54) is 17.5 Å². The van der Waals surface area contributed by atoms with Crippen molar-refractivity contribution >= 4 is 33.6 Å². The largest absolute Gasteiger partial charge is 0.360 e. The number of allylic oxidation sites excluding steroid dienone is 1. The van der Waals surface area contributed by atoms with Gasteiger partial charge in [-0.2, -0.15) is 10.5 Å². The third-order valence-electron chi connectivity index (χ3n) is 3.31. The number of rotatable bonds is 5. The quantitative estimate of drug-likeness (QED) is 0.599. The number of aromatic amines is 1. The van der Waals surface area contributed by atoms with Crippen molar-refractivity contribution < 1.29 is 4.79 Å². The number of H-pyrrole nitrogens is 1. The van der Waals surface area contributed by atoms with E-state index in [9.17, 15) is 10.1 Å². The zero-order chi connectivity index (χ0) is 17.6. The number of carbonyl (C=O) groups excluding carboxylic acids is 1. The fourth-order valence-electron chi connectivity index (χ4n) is 2.06. The summed E-state index contributed by atoms with van der Waals surface area (Å²) in [6.07, 6.45) is 3.09. The lowest BCUT2D eigenvalue weighted by atomic mass is 10.1. The molecule has 1 amide bonds. The van der Waals surface area contributed by atoms with Crippen LogP contribution in [0.5, 0.6) is 0 Å². The molecule has 2 aromatic heterocycles. The van der Waals surface area contributed by atoms with Crippen LogP contribution in [0.25, 0.3) is 5.57 Å². The molecule has 3 aromatic rings. The highest BCUT2D eigenvalue weighted by atomic mass is 32.1. The summed E-state index contributed by atoms with van der Waals surface area (Å²) < 4.78 is 0. The number of thiazole rings is 1. The topological polar surface area (TPSA) is 132 Å². The molecule has 3 N–H and O–H groups in total. The number of hydrogen-bond donors (Lipinski definition) is 3. The van der Waals surface area contributed by atoms with Gasteiger partial charge in [-0.15, -0.1) is 21.5 Å². The maximum atomic E-state index is 12.4. The second kappa shape index (κ2) is 7.33. The lowest BCUT2D eigenvalue weighted by molar-refractivity contribution is 0.102. The molecule has 0 aliphatic carbocycles. The van der Waals surface area contributed by atoms with Crippen LogP contribution in [-0.2, 0) is 0 Å². The predicted octanol–water partition coefficient (Wildman–Crippen LogP) is 2.19. The lowest BCUT2D eigenvalue weighted by Gasteiger charge is -2.10. The van der Waals surface area contributed by atoms with Gasteiger partial charge < -0.3 is 5.32 Å². The maximum absolute atomic E-state index is 12.4. The summed E-state index contributed by atoms with van der Waals surface area (Å²) in [6.45, 7) is 1.81. The number of nitrogens with zero attached hydrogens (tertiary/aromatic N) is 5. The highest BCUT2D eigenvalue weighted by molar-refractivity contribution is 7.13. The van der Waals surface area contributed by atoms with E-state index in [1.807, 2.05) is 13.0 Å². The van der Waals surface area contributed by atoms with Crippen molar-refractivity contribution in [3.63, 3.8) is 0 Å². The van der Waals surface area contributed by atoms with Crippen LogP contribution in [0, 0.1) is 18.3 Å². The second-order valence-electron chi connectivity index (χ2n) is 4.82. The number of benzene rings is 1. The van der Waals surface area contributed by atoms with Crippen molar-refractivity contribution in [2.75, 3.05) is 10.6 Å². The molecule has 10 heteroatoms. The van der Waals surface area contributed by atoms with Crippen molar-refractivity contribution in [3.8, 4) is 6.07 Å². The Morgan fingerprint density at radius 3 is 3.00 bits per heavy atom. The summed E-state index contributed by atoms with van der Waals surface area (Å²) in [6, 6.07) is 7.26. The van der Waals surface area contributed by atoms with E-state index >= 15 is 0 Å². The highest BCUT2D eigenvalue weighted by Crippen LogP contribution is 2.21. The fraction of sp³-hybridized carbons (Fsp3) is 0.0667. The predicted molar refractivity (Wildman–Crippen MR) is 92.6 cm³/mol. The van der Waals surface area contributed by atoms with Gasteiger partial charge >= 0.3 is 0 Å². The molecule has 0 saturated carbocycles. The smallest absolute Gasteiger partial charge is 0.257 e. The molecule has 2 heterocycles. The molecule has 0 aliphatic heterocycles. The summed E-state index contributed by atoms with van der Waals surface area (Å²) in [5.74, 6) is -0.0657. The third-order valence-corrected chi connectivity index (χ3v) is 4.00. The summed E-state index contributed by atoms with van der Waals surface area (Å²) in [5.41, 5.74) is 2.14. The molecule has 0 saturated heterocycles. The van der Waals surface area contributed by atoms with Gasteiger partial charge in [-0.3, -0.25) is 10.1 Å². The van der Waals surface area contributed by atoms with Crippen molar-refractivity contribution in [2.24, 2.45) is 0 Å². The Balaban J connectivity index is 1.81. The number of nitriles is 1. The van der Waals surface area contributed by atoms with Crippen LogP contribution in [-0.4, -0.2) is 31.5 Å². The average molecular weight is 352 g/mol. The summed E-state index contributed by atoms with van der Waals surface area (Å²) in [4.78, 5) is 16.4. The van der Waals surface area contributed by atoms with Gasteiger partial charge in [0.2, 0.25) is 5.82 Å². The Kier molecular flexibility index (Phi) is 4.77. The standard InChI is InChI=1S/C15H12N8OS/c1-9-11(14(24)19-15-17-5-6-25-15)3-2-4-12(9)18-8-10(7-16)13-20-22-23-21-13/h2-6,8,18H,1H3,(H,17,19,24)(H,20,21,22,23). The number of nitrogens with one attached hydrogen (secondary N) is 3. The van der Waals surface area contributed by atoms with Gasteiger partial charge in [0, 0.05) is 29.0 Å². The van der Waals surface area contributed by atoms with Gasteiger partial charge in [0.25, 0.3) is 5.91 Å². The van der Waals surface area contributed by atoms with Gasteiger partial charge in [-0.25, -0.2) is 4.98 Å². The maximum Gasteiger partial charge on any atom is 0.257 e. The average Bonchev–Trinajstić information content (AvgIpc) is 3.30. The Morgan fingerprint density at radius 1 is 1.44 bits per heavy atom. The van der Waals surface area contributed by atoms with Crippen LogP contribution >= 0.6 is 11.3 Å². The first kappa shape index (κ1) is 16.3. The molecule has 0 aliphatic rings. The summed E-state index contributed by atoms with van der Waals surface area (Å²) in [5, 5.41) is 30.5. The number of anilines is 2. The number of aromatic nitrogens is 5. The molecule has 1 aromatic carbocycles. The molecule has 0 atom stereocenters. The van der Waals surface area contributed by atoms with E-state index in [4.69, 9.17) is 0 Å². The molecule has 3 rings (SSSR count). The number of hydrogen-bond acceptors (Lipinski definition) is 8. The molecule has 0 spiro atoms. The SMILES string of the molecule is Cc1c(NC=C(C#N)c2nn[nH]n2)cccc1C(=O)Nc1nccs1. The van der Waals surface area contributed by atoms with Gasteiger partial charge in [0.1, 0.15) is 11.6 Å². The van der Waals surface area contributed by atoms with E-state index in [0.29, 0.717) is 16.4 Å². The van der Waals surface area contributed by atoms with Gasteiger partial charge in [-0.05, 0) is 29.8 Å². The first-order chi connectivity index (χ1) is 12.2. The second-order valence-corrected chi connectivity index (χ2v) is 5.71. The normalized spacial score (nSPS) is 11.0. The zero-order valence-electron chi connectivity index (χ0n) is 13.0. The monoisotopic (exact) mass is 352 g/mol. The van der Waals surface area contributed by atoms with Gasteiger partial charge in [-0.1, -0.05) is 6.07 Å². The fourth-order valence-corrected chi connectivity index (χ4v) is 2.58. The zero-order valence-corrected chi connectivity index (χ0v) is 13.8. The van der Waals surface area contributed by atoms with Crippen LogP contribution < -0.4 is 10.6 Å². The van der Waals surface area contributed by atoms with Crippen LogP contribution in [0.2, 0.25) is 0 Å². The van der Waals surface area contributed by atoms with Crippen LogP contribution in [0.3, 0.4) is 0 Å². The van der Waals surface area contributed by atoms with E-state index in [-0.39, 0.29) is 17.3 Å². The highest BCUT2D eigenvalue weighted by Gasteiger charge is 2.13. The molecule has 0 radical (unpaired) electrons. The molecule has 25 heavy (non-hydrogen) atoms. The molecular formula is C15H12N8OS. The minimum absolute atomic E-state index is 0.185. The molecular weight excluding hydrogens is 340 g/mol.